The summed E-state index contributed by atoms with van der Waals surface area (Å²) in [6.45, 7) is 1.80. The Bertz CT molecular complexity index is 1160. The fourth-order valence-electron chi connectivity index (χ4n) is 3.70. The molecule has 3 aromatic rings. The maximum Gasteiger partial charge on any atom is 0.258 e. The third-order valence-corrected chi connectivity index (χ3v) is 5.95. The average Bonchev–Trinajstić information content (AvgIpc) is 2.86. The number of amidine groups is 1. The monoisotopic (exact) mass is 521 g/mol. The van der Waals surface area contributed by atoms with Crippen molar-refractivity contribution in [2.45, 2.75) is 26.7 Å². The molecule has 1 saturated heterocycles. The number of aromatic nitrogens is 1. The largest absolute Gasteiger partial charge is 0.357 e. The summed E-state index contributed by atoms with van der Waals surface area (Å²) in [6.07, 6.45) is 5.02. The quantitative estimate of drug-likeness (QED) is 0.292. The number of benzene rings is 2. The lowest BCUT2D eigenvalue weighted by Gasteiger charge is -2.29. The molecule has 4 rings (SSSR count). The Morgan fingerprint density at radius 1 is 0.853 bits per heavy atom. The Hall–Kier alpha value is -3.52. The fraction of sp³-hybridized carbons (Fsp3) is 0.231. The summed E-state index contributed by atoms with van der Waals surface area (Å²) in [4.78, 5) is 31.8. The number of nitrogens with one attached hydrogen (secondary N) is 3. The van der Waals surface area contributed by atoms with Gasteiger partial charge in [0.25, 0.3) is 11.8 Å². The van der Waals surface area contributed by atoms with Crippen LogP contribution in [0.2, 0.25) is 0 Å². The van der Waals surface area contributed by atoms with E-state index in [0.29, 0.717) is 28.5 Å². The van der Waals surface area contributed by atoms with E-state index in [2.05, 4.69) is 36.4 Å². The molecule has 0 spiro atoms. The number of pyridine rings is 1. The van der Waals surface area contributed by atoms with Crippen LogP contribution in [0.3, 0.4) is 0 Å². The number of carbonyl (C=O) groups is 2. The molecule has 1 fully saturated rings. The first kappa shape index (κ1) is 25.1. The van der Waals surface area contributed by atoms with Crippen molar-refractivity contribution in [3.05, 3.63) is 88.0 Å². The number of likely N-dealkylation sites (tertiary alicyclic amines) is 1. The van der Waals surface area contributed by atoms with Crippen LogP contribution in [0, 0.1) is 5.41 Å². The molecule has 0 bridgehead atoms. The van der Waals surface area contributed by atoms with Gasteiger partial charge in [0, 0.05) is 34.9 Å². The average molecular weight is 522 g/mol. The molecule has 2 amide bonds. The van der Waals surface area contributed by atoms with Gasteiger partial charge in [-0.25, -0.2) is 4.98 Å². The van der Waals surface area contributed by atoms with Crippen molar-refractivity contribution in [3.8, 4) is 0 Å². The summed E-state index contributed by atoms with van der Waals surface area (Å²) in [5.74, 6) is 0.209. The molecule has 0 unspecified atom stereocenters. The maximum absolute atomic E-state index is 12.8. The van der Waals surface area contributed by atoms with E-state index in [9.17, 15) is 9.59 Å². The lowest BCUT2D eigenvalue weighted by molar-refractivity contribution is 0.102. The minimum atomic E-state index is -0.369. The highest BCUT2D eigenvalue weighted by atomic mass is 79.9. The molecule has 0 radical (unpaired) electrons. The van der Waals surface area contributed by atoms with E-state index < -0.39 is 0 Å². The van der Waals surface area contributed by atoms with Gasteiger partial charge in [-0.05, 0) is 71.6 Å². The van der Waals surface area contributed by atoms with E-state index in [0.717, 1.165) is 36.0 Å². The number of anilines is 2. The number of piperidine rings is 1. The number of halogens is 1. The molecular weight excluding hydrogens is 494 g/mol. The predicted octanol–water partition coefficient (Wildman–Crippen LogP) is 5.80. The van der Waals surface area contributed by atoms with E-state index in [4.69, 9.17) is 5.41 Å². The highest BCUT2D eigenvalue weighted by molar-refractivity contribution is 9.10. The van der Waals surface area contributed by atoms with Crippen molar-refractivity contribution in [1.29, 1.82) is 5.41 Å². The lowest BCUT2D eigenvalue weighted by Crippen LogP contribution is -2.35. The van der Waals surface area contributed by atoms with E-state index >= 15 is 0 Å². The Morgan fingerprint density at radius 2 is 1.53 bits per heavy atom. The zero-order valence-electron chi connectivity index (χ0n) is 18.0. The van der Waals surface area contributed by atoms with Crippen molar-refractivity contribution in [3.63, 3.8) is 0 Å². The maximum atomic E-state index is 12.8. The van der Waals surface area contributed by atoms with E-state index in [1.807, 2.05) is 0 Å². The van der Waals surface area contributed by atoms with Crippen LogP contribution in [-0.2, 0) is 0 Å². The van der Waals surface area contributed by atoms with Gasteiger partial charge < -0.3 is 15.5 Å². The molecule has 1 aliphatic rings. The first-order valence-electron chi connectivity index (χ1n) is 10.8. The summed E-state index contributed by atoms with van der Waals surface area (Å²) >= 11 is 3.31. The number of nitrogens with zero attached hydrogens (tertiary/aromatic N) is 2. The minimum absolute atomic E-state index is 0. The second-order valence-electron chi connectivity index (χ2n) is 7.79. The molecule has 2 aromatic carbocycles. The van der Waals surface area contributed by atoms with E-state index in [1.54, 1.807) is 66.9 Å². The van der Waals surface area contributed by atoms with Gasteiger partial charge in [0.1, 0.15) is 11.7 Å². The smallest absolute Gasteiger partial charge is 0.258 e. The number of para-hydroxylation sites is 1. The lowest BCUT2D eigenvalue weighted by atomic mass is 10.1. The number of hydrogen-bond acceptors (Lipinski definition) is 4. The molecule has 34 heavy (non-hydrogen) atoms. The minimum Gasteiger partial charge on any atom is -0.357 e. The molecule has 1 aromatic heterocycles. The molecular formula is C26H28BrN5O2. The molecule has 176 valence electrons. The normalized spacial score (nSPS) is 12.9. The molecule has 8 heteroatoms. The van der Waals surface area contributed by atoms with Gasteiger partial charge in [-0.1, -0.05) is 31.7 Å². The summed E-state index contributed by atoms with van der Waals surface area (Å²) in [7, 11) is 0. The second-order valence-corrected chi connectivity index (χ2v) is 8.70. The van der Waals surface area contributed by atoms with Crippen LogP contribution in [-0.4, -0.2) is 40.6 Å². The van der Waals surface area contributed by atoms with Crippen LogP contribution >= 0.6 is 15.9 Å². The fourth-order valence-corrected chi connectivity index (χ4v) is 3.93. The highest BCUT2D eigenvalue weighted by Gasteiger charge is 2.17. The molecule has 0 aliphatic carbocycles. The van der Waals surface area contributed by atoms with Gasteiger partial charge >= 0.3 is 0 Å². The van der Waals surface area contributed by atoms with Crippen LogP contribution in [0.1, 0.15) is 53.0 Å². The first-order chi connectivity index (χ1) is 16.0. The van der Waals surface area contributed by atoms with E-state index in [1.165, 1.54) is 6.42 Å². The molecule has 1 aliphatic heterocycles. The van der Waals surface area contributed by atoms with E-state index in [-0.39, 0.29) is 19.2 Å². The Morgan fingerprint density at radius 3 is 2.21 bits per heavy atom. The van der Waals surface area contributed by atoms with Crippen LogP contribution in [0.15, 0.2) is 71.3 Å². The summed E-state index contributed by atoms with van der Waals surface area (Å²) < 4.78 is 0.810. The number of rotatable bonds is 5. The van der Waals surface area contributed by atoms with Gasteiger partial charge in [0.15, 0.2) is 0 Å². The molecule has 3 N–H and O–H groups in total. The van der Waals surface area contributed by atoms with Crippen LogP contribution in [0.4, 0.5) is 11.5 Å². The summed E-state index contributed by atoms with van der Waals surface area (Å²) in [6, 6.07) is 17.3. The van der Waals surface area contributed by atoms with Gasteiger partial charge in [0.05, 0.1) is 11.3 Å². The predicted molar refractivity (Wildman–Crippen MR) is 140 cm³/mol. The Labute approximate surface area is 208 Å². The van der Waals surface area contributed by atoms with Gasteiger partial charge in [-0.2, -0.15) is 0 Å². The number of hydrogen-bond donors (Lipinski definition) is 3. The van der Waals surface area contributed by atoms with Crippen LogP contribution in [0.5, 0.6) is 0 Å². The Balaban J connectivity index is 0.00000324. The standard InChI is InChI=1S/C25H24BrN5O2.CH4/c26-19-12-13-22(28-16-19)30-25(33)20-6-2-3-7-21(20)29-24(32)18-10-8-17(9-11-18)23(27)31-14-4-1-5-15-31;/h2-3,6-13,16,27H,1,4-5,14-15H2,(H,29,32)(H,28,30,33);1H4. The van der Waals surface area contributed by atoms with Gasteiger partial charge in [0.2, 0.25) is 0 Å². The van der Waals surface area contributed by atoms with Crippen molar-refractivity contribution >= 4 is 45.1 Å². The SMILES string of the molecule is C.N=C(c1ccc(C(=O)Nc2ccccc2C(=O)Nc2ccc(Br)cn2)cc1)N1CCCCC1. The molecule has 0 saturated carbocycles. The third kappa shape index (κ3) is 6.08. The summed E-state index contributed by atoms with van der Waals surface area (Å²) in [5.41, 5.74) is 1.98. The zero-order valence-corrected chi connectivity index (χ0v) is 19.6. The topological polar surface area (TPSA) is 98.2 Å². The number of amides is 2. The van der Waals surface area contributed by atoms with Crippen LogP contribution in [0.25, 0.3) is 0 Å². The Kier molecular flexibility index (Phi) is 8.54. The third-order valence-electron chi connectivity index (χ3n) is 5.48. The van der Waals surface area contributed by atoms with Crippen molar-refractivity contribution in [2.24, 2.45) is 0 Å². The van der Waals surface area contributed by atoms with Gasteiger partial charge in [-0.3, -0.25) is 15.0 Å². The summed E-state index contributed by atoms with van der Waals surface area (Å²) in [5, 5.41) is 14.0. The van der Waals surface area contributed by atoms with Gasteiger partial charge in [-0.15, -0.1) is 0 Å². The molecule has 2 heterocycles. The molecule has 0 atom stereocenters. The zero-order chi connectivity index (χ0) is 23.2. The first-order valence-corrected chi connectivity index (χ1v) is 11.6. The number of carbonyl (C=O) groups excluding carboxylic acids is 2. The molecule has 7 nitrogen and oxygen atoms in total. The highest BCUT2D eigenvalue weighted by Crippen LogP contribution is 2.19. The second kappa shape index (κ2) is 11.6. The van der Waals surface area contributed by atoms with Crippen LogP contribution < -0.4 is 10.6 Å². The van der Waals surface area contributed by atoms with Crippen molar-refractivity contribution in [1.82, 2.24) is 9.88 Å². The van der Waals surface area contributed by atoms with Crippen molar-refractivity contribution in [2.75, 3.05) is 23.7 Å². The van der Waals surface area contributed by atoms with Crippen molar-refractivity contribution < 1.29 is 9.59 Å².